The Kier molecular flexibility index (Phi) is 17.1. The molecule has 1 aliphatic carbocycles. The lowest BCUT2D eigenvalue weighted by atomic mass is 9.84. The Balaban J connectivity index is 1.20. The van der Waals surface area contributed by atoms with E-state index in [-0.39, 0.29) is 24.7 Å². The van der Waals surface area contributed by atoms with Crippen molar-refractivity contribution in [2.75, 3.05) is 20.3 Å². The van der Waals surface area contributed by atoms with Crippen LogP contribution in [0.2, 0.25) is 0 Å². The number of hydrogen-bond acceptors (Lipinski definition) is 8. The highest BCUT2D eigenvalue weighted by Crippen LogP contribution is 2.30. The van der Waals surface area contributed by atoms with Crippen molar-refractivity contribution in [3.8, 4) is 11.5 Å². The van der Waals surface area contributed by atoms with Crippen molar-refractivity contribution >= 4 is 24.0 Å². The molecule has 48 heavy (non-hydrogen) atoms. The van der Waals surface area contributed by atoms with Crippen molar-refractivity contribution < 1.29 is 38.1 Å². The minimum atomic E-state index is -0.615. The summed E-state index contributed by atoms with van der Waals surface area (Å²) in [5.41, 5.74) is 2.02. The number of ether oxygens (including phenoxy) is 5. The van der Waals surface area contributed by atoms with E-state index in [4.69, 9.17) is 23.7 Å². The smallest absolute Gasteiger partial charge is 0.333 e. The molecule has 0 bridgehead atoms. The van der Waals surface area contributed by atoms with Gasteiger partial charge in [0, 0.05) is 18.1 Å². The minimum Gasteiger partial charge on any atom is -0.497 e. The predicted octanol–water partition coefficient (Wildman–Crippen LogP) is 8.73. The first-order valence-corrected chi connectivity index (χ1v) is 17.2. The second kappa shape index (κ2) is 21.5. The highest BCUT2D eigenvalue weighted by atomic mass is 16.5. The van der Waals surface area contributed by atoms with Crippen molar-refractivity contribution in [2.24, 2.45) is 5.92 Å². The third-order valence-electron chi connectivity index (χ3n) is 8.36. The SMILES string of the molecule is C=C(CCc1ccc(OC(=O)CC(=C)C(=O)OCCCCCCOC(=O)/C=C/c2ccc(OC)cc2)cc1)OC1CCC(CCC)CC1. The molecule has 8 heteroatoms. The zero-order valence-corrected chi connectivity index (χ0v) is 28.7. The Morgan fingerprint density at radius 2 is 1.48 bits per heavy atom. The van der Waals surface area contributed by atoms with Crippen LogP contribution in [0, 0.1) is 5.92 Å². The fraction of sp³-hybridized carbons (Fsp3) is 0.475. The van der Waals surface area contributed by atoms with E-state index in [1.54, 1.807) is 25.3 Å². The lowest BCUT2D eigenvalue weighted by Crippen LogP contribution is -2.21. The number of rotatable bonds is 21. The lowest BCUT2D eigenvalue weighted by molar-refractivity contribution is -0.142. The third kappa shape index (κ3) is 15.1. The van der Waals surface area contributed by atoms with Crippen LogP contribution >= 0.6 is 0 Å². The molecule has 1 saturated carbocycles. The molecule has 2 aromatic carbocycles. The maximum Gasteiger partial charge on any atom is 0.333 e. The molecule has 0 aromatic heterocycles. The van der Waals surface area contributed by atoms with E-state index in [2.05, 4.69) is 20.1 Å². The number of carbonyl (C=O) groups excluding carboxylic acids is 3. The van der Waals surface area contributed by atoms with E-state index >= 15 is 0 Å². The second-order valence-electron chi connectivity index (χ2n) is 12.3. The van der Waals surface area contributed by atoms with E-state index in [9.17, 15) is 14.4 Å². The number of unbranched alkanes of at least 4 members (excludes halogenated alkanes) is 3. The van der Waals surface area contributed by atoms with Gasteiger partial charge in [0.2, 0.25) is 0 Å². The van der Waals surface area contributed by atoms with Gasteiger partial charge < -0.3 is 23.7 Å². The van der Waals surface area contributed by atoms with Gasteiger partial charge in [-0.15, -0.1) is 0 Å². The monoisotopic (exact) mass is 660 g/mol. The minimum absolute atomic E-state index is 0.0450. The van der Waals surface area contributed by atoms with E-state index < -0.39 is 17.9 Å². The molecule has 2 aromatic rings. The van der Waals surface area contributed by atoms with Gasteiger partial charge in [0.15, 0.2) is 0 Å². The van der Waals surface area contributed by atoms with Gasteiger partial charge in [0.25, 0.3) is 0 Å². The van der Waals surface area contributed by atoms with E-state index in [1.165, 1.54) is 31.8 Å². The molecule has 0 heterocycles. The van der Waals surface area contributed by atoms with Gasteiger partial charge in [-0.3, -0.25) is 4.79 Å². The van der Waals surface area contributed by atoms with Gasteiger partial charge in [-0.2, -0.15) is 0 Å². The number of carbonyl (C=O) groups is 3. The molecule has 260 valence electrons. The Hall–Kier alpha value is -4.33. The summed E-state index contributed by atoms with van der Waals surface area (Å²) < 4.78 is 27.1. The van der Waals surface area contributed by atoms with Crippen LogP contribution in [-0.2, 0) is 35.0 Å². The van der Waals surface area contributed by atoms with Crippen LogP contribution in [0.1, 0.15) is 95.1 Å². The average molecular weight is 661 g/mol. The second-order valence-corrected chi connectivity index (χ2v) is 12.3. The van der Waals surface area contributed by atoms with Gasteiger partial charge in [0.1, 0.15) is 11.5 Å². The molecule has 0 atom stereocenters. The van der Waals surface area contributed by atoms with Gasteiger partial charge in [-0.25, -0.2) is 9.59 Å². The van der Waals surface area contributed by atoms with E-state index in [0.717, 1.165) is 67.1 Å². The summed E-state index contributed by atoms with van der Waals surface area (Å²) in [6, 6.07) is 14.7. The van der Waals surface area contributed by atoms with Crippen molar-refractivity contribution in [1.82, 2.24) is 0 Å². The van der Waals surface area contributed by atoms with Crippen LogP contribution in [0.5, 0.6) is 11.5 Å². The number of benzene rings is 2. The molecule has 0 saturated heterocycles. The number of esters is 3. The Morgan fingerprint density at radius 1 is 0.833 bits per heavy atom. The number of aryl methyl sites for hydroxylation is 1. The molecular weight excluding hydrogens is 608 g/mol. The molecule has 1 fully saturated rings. The topological polar surface area (TPSA) is 97.4 Å². The van der Waals surface area contributed by atoms with Crippen LogP contribution in [0.4, 0.5) is 0 Å². The fourth-order valence-electron chi connectivity index (χ4n) is 5.59. The highest BCUT2D eigenvalue weighted by molar-refractivity contribution is 5.93. The zero-order chi connectivity index (χ0) is 34.6. The standard InChI is InChI=1S/C40H52O8/c1-5-10-32-15-22-36(23-16-32)47-31(3)11-12-33-17-24-37(25-18-33)48-39(42)29-30(2)40(43)46-28-9-7-6-8-27-45-38(41)26-19-34-13-20-35(44-4)21-14-34/h13-14,17-21,24-26,32,36H,2-3,5-12,15-16,22-23,27-29H2,1,4H3/b26-19+. The maximum absolute atomic E-state index is 12.4. The van der Waals surface area contributed by atoms with Crippen LogP contribution in [0.15, 0.2) is 79.1 Å². The summed E-state index contributed by atoms with van der Waals surface area (Å²) in [5, 5.41) is 0. The van der Waals surface area contributed by atoms with Crippen molar-refractivity contribution in [3.63, 3.8) is 0 Å². The Bertz CT molecular complexity index is 1330. The van der Waals surface area contributed by atoms with Crippen LogP contribution in [0.25, 0.3) is 6.08 Å². The summed E-state index contributed by atoms with van der Waals surface area (Å²) in [5.74, 6) is 1.24. The third-order valence-corrected chi connectivity index (χ3v) is 8.36. The molecule has 0 unspecified atom stereocenters. The summed E-state index contributed by atoms with van der Waals surface area (Å²) in [4.78, 5) is 36.5. The largest absolute Gasteiger partial charge is 0.497 e. The molecule has 0 spiro atoms. The first-order valence-electron chi connectivity index (χ1n) is 17.2. The number of hydrogen-bond donors (Lipinski definition) is 0. The molecule has 1 aliphatic rings. The molecule has 0 radical (unpaired) electrons. The van der Waals surface area contributed by atoms with E-state index in [1.807, 2.05) is 36.4 Å². The van der Waals surface area contributed by atoms with Crippen LogP contribution in [0.3, 0.4) is 0 Å². The first kappa shape index (κ1) is 38.1. The van der Waals surface area contributed by atoms with Gasteiger partial charge in [-0.05, 0) is 105 Å². The summed E-state index contributed by atoms with van der Waals surface area (Å²) in [7, 11) is 1.60. The molecular formula is C40H52O8. The molecule has 8 nitrogen and oxygen atoms in total. The van der Waals surface area contributed by atoms with Crippen molar-refractivity contribution in [3.05, 3.63) is 90.2 Å². The molecule has 3 rings (SSSR count). The van der Waals surface area contributed by atoms with E-state index in [0.29, 0.717) is 25.2 Å². The Morgan fingerprint density at radius 3 is 2.12 bits per heavy atom. The van der Waals surface area contributed by atoms with Gasteiger partial charge in [-0.1, -0.05) is 57.2 Å². The van der Waals surface area contributed by atoms with Gasteiger partial charge >= 0.3 is 17.9 Å². The lowest BCUT2D eigenvalue weighted by Gasteiger charge is -2.29. The molecule has 0 N–H and O–H groups in total. The van der Waals surface area contributed by atoms with Crippen molar-refractivity contribution in [2.45, 2.75) is 96.5 Å². The first-order chi connectivity index (χ1) is 23.2. The fourth-order valence-corrected chi connectivity index (χ4v) is 5.59. The maximum atomic E-state index is 12.4. The number of allylic oxidation sites excluding steroid dienone is 1. The van der Waals surface area contributed by atoms with Gasteiger partial charge in [0.05, 0.1) is 38.6 Å². The highest BCUT2D eigenvalue weighted by Gasteiger charge is 2.22. The quantitative estimate of drug-likeness (QED) is 0.0431. The molecule has 0 amide bonds. The number of methoxy groups -OCH3 is 1. The predicted molar refractivity (Wildman–Crippen MR) is 187 cm³/mol. The zero-order valence-electron chi connectivity index (χ0n) is 28.7. The normalized spacial score (nSPS) is 15.8. The average Bonchev–Trinajstić information content (AvgIpc) is 3.09. The summed E-state index contributed by atoms with van der Waals surface area (Å²) in [6.07, 6.45) is 14.9. The summed E-state index contributed by atoms with van der Waals surface area (Å²) in [6.45, 7) is 10.6. The molecule has 0 aliphatic heterocycles. The summed E-state index contributed by atoms with van der Waals surface area (Å²) >= 11 is 0. The van der Waals surface area contributed by atoms with Crippen molar-refractivity contribution in [1.29, 1.82) is 0 Å². The van der Waals surface area contributed by atoms with Crippen LogP contribution < -0.4 is 9.47 Å². The Labute approximate surface area is 286 Å². The van der Waals surface area contributed by atoms with Crippen LogP contribution in [-0.4, -0.2) is 44.3 Å².